The van der Waals surface area contributed by atoms with Crippen LogP contribution in [0.5, 0.6) is 5.75 Å². The Kier molecular flexibility index (Phi) is 7.82. The number of rotatable bonds is 8. The minimum absolute atomic E-state index is 0.0281. The molecule has 0 unspecified atom stereocenters. The molecule has 198 valence electrons. The molecule has 0 saturated heterocycles. The van der Waals surface area contributed by atoms with E-state index >= 15 is 0 Å². The summed E-state index contributed by atoms with van der Waals surface area (Å²) in [6, 6.07) is 11.4. The highest BCUT2D eigenvalue weighted by atomic mass is 32.2. The zero-order valence-corrected chi connectivity index (χ0v) is 22.6. The molecule has 8 nitrogen and oxygen atoms in total. The maximum absolute atomic E-state index is 12.7. The van der Waals surface area contributed by atoms with Gasteiger partial charge in [-0.3, -0.25) is 4.79 Å². The molecule has 1 aliphatic rings. The summed E-state index contributed by atoms with van der Waals surface area (Å²) in [5.41, 5.74) is 1.11. The summed E-state index contributed by atoms with van der Waals surface area (Å²) in [6.07, 6.45) is 1.45. The number of sulfone groups is 1. The van der Waals surface area contributed by atoms with E-state index in [9.17, 15) is 28.5 Å². The fourth-order valence-corrected chi connectivity index (χ4v) is 5.57. The summed E-state index contributed by atoms with van der Waals surface area (Å²) in [5.74, 6) is 10.8. The van der Waals surface area contributed by atoms with Crippen molar-refractivity contribution in [2.45, 2.75) is 37.0 Å². The minimum Gasteiger partial charge on any atom is -0.507 e. The Morgan fingerprint density at radius 1 is 1.24 bits per heavy atom. The molecule has 1 amide bonds. The zero-order chi connectivity index (χ0) is 27.6. The molecule has 10 heteroatoms. The maximum atomic E-state index is 12.7. The van der Waals surface area contributed by atoms with Crippen LogP contribution < -0.4 is 5.32 Å². The van der Waals surface area contributed by atoms with Gasteiger partial charge in [-0.1, -0.05) is 24.0 Å². The molecule has 0 radical (unpaired) electrons. The van der Waals surface area contributed by atoms with Crippen molar-refractivity contribution < 1.29 is 28.5 Å². The number of carbonyl (C=O) groups is 1. The standard InChI is InChI=1S/C28H28N2O6S2/c1-27(38(2,35)36,17-29-25(34)20-8-3-4-9-22(20)32)16-23(33)26-30-21-11-10-19(15-24(21)37-26)7-5-6-12-28(18-31)13-14-28/h3-4,8-11,15,23,31-33H,13-14,16-18H2,1-2H3,(H,29,34)/t23-,27-/m1/s1. The Hall–Kier alpha value is -3.41. The van der Waals surface area contributed by atoms with Gasteiger partial charge in [-0.05, 0) is 61.9 Å². The number of aromatic nitrogens is 1. The van der Waals surface area contributed by atoms with Gasteiger partial charge in [0.25, 0.3) is 5.91 Å². The number of carbonyl (C=O) groups excluding carboxylic acids is 1. The van der Waals surface area contributed by atoms with E-state index < -0.39 is 26.6 Å². The number of nitrogens with zero attached hydrogens (tertiary/aromatic N) is 1. The number of hydrogen-bond donors (Lipinski definition) is 4. The van der Waals surface area contributed by atoms with Gasteiger partial charge in [0.05, 0.1) is 32.5 Å². The quantitative estimate of drug-likeness (QED) is 0.316. The lowest BCUT2D eigenvalue weighted by Gasteiger charge is -2.29. The number of aliphatic hydroxyl groups is 2. The predicted molar refractivity (Wildman–Crippen MR) is 146 cm³/mol. The van der Waals surface area contributed by atoms with Crippen LogP contribution in [-0.4, -0.2) is 58.8 Å². The lowest BCUT2D eigenvalue weighted by Crippen LogP contribution is -2.47. The average molecular weight is 553 g/mol. The van der Waals surface area contributed by atoms with E-state index in [1.165, 1.54) is 30.4 Å². The predicted octanol–water partition coefficient (Wildman–Crippen LogP) is 2.79. The van der Waals surface area contributed by atoms with E-state index in [2.05, 4.69) is 34.0 Å². The summed E-state index contributed by atoms with van der Waals surface area (Å²) in [6.45, 7) is 1.24. The molecule has 1 aliphatic carbocycles. The number of phenolic OH excluding ortho intramolecular Hbond substituents is 1. The van der Waals surface area contributed by atoms with Gasteiger partial charge in [0.1, 0.15) is 16.9 Å². The van der Waals surface area contributed by atoms with Crippen molar-refractivity contribution in [2.24, 2.45) is 5.41 Å². The molecule has 0 aliphatic heterocycles. The van der Waals surface area contributed by atoms with E-state index in [1.807, 2.05) is 6.07 Å². The highest BCUT2D eigenvalue weighted by Gasteiger charge is 2.40. The normalized spacial score (nSPS) is 16.3. The second kappa shape index (κ2) is 10.8. The number of fused-ring (bicyclic) bond motifs is 1. The first kappa shape index (κ1) is 27.6. The second-order valence-corrected chi connectivity index (χ2v) is 13.4. The lowest BCUT2D eigenvalue weighted by atomic mass is 10.0. The number of benzene rings is 2. The molecule has 4 N–H and O–H groups in total. The highest BCUT2D eigenvalue weighted by molar-refractivity contribution is 7.92. The summed E-state index contributed by atoms with van der Waals surface area (Å²) in [4.78, 5) is 17.0. The van der Waals surface area contributed by atoms with Crippen LogP contribution in [0.3, 0.4) is 0 Å². The van der Waals surface area contributed by atoms with Gasteiger partial charge in [0, 0.05) is 24.8 Å². The largest absolute Gasteiger partial charge is 0.507 e. The number of aromatic hydroxyl groups is 1. The summed E-state index contributed by atoms with van der Waals surface area (Å²) in [7, 11) is -3.72. The van der Waals surface area contributed by atoms with E-state index in [1.54, 1.807) is 24.3 Å². The number of hydrogen-bond acceptors (Lipinski definition) is 8. The molecule has 0 bridgehead atoms. The van der Waals surface area contributed by atoms with Gasteiger partial charge < -0.3 is 20.6 Å². The first-order chi connectivity index (χ1) is 18.0. The van der Waals surface area contributed by atoms with Gasteiger partial charge in [-0.25, -0.2) is 13.4 Å². The monoisotopic (exact) mass is 552 g/mol. The average Bonchev–Trinajstić information content (AvgIpc) is 3.53. The second-order valence-electron chi connectivity index (χ2n) is 9.81. The fraction of sp³-hybridized carbons (Fsp3) is 0.357. The lowest BCUT2D eigenvalue weighted by molar-refractivity contribution is 0.0938. The van der Waals surface area contributed by atoms with Crippen LogP contribution >= 0.6 is 11.3 Å². The molecule has 1 aromatic heterocycles. The minimum atomic E-state index is -3.72. The number of phenols is 1. The number of nitrogens with one attached hydrogen (secondary N) is 1. The van der Waals surface area contributed by atoms with Gasteiger partial charge in [-0.2, -0.15) is 0 Å². The Bertz CT molecular complexity index is 1600. The molecule has 38 heavy (non-hydrogen) atoms. The zero-order valence-electron chi connectivity index (χ0n) is 21.0. The maximum Gasteiger partial charge on any atom is 0.255 e. The SMILES string of the molecule is C[C@](CNC(=O)c1ccccc1O)(C[C@@H](O)c1nc2ccc(C#CC#CC3(CO)CC3)cc2s1)S(C)(=O)=O. The van der Waals surface area contributed by atoms with Crippen LogP contribution in [0.2, 0.25) is 0 Å². The van der Waals surface area contributed by atoms with Crippen LogP contribution in [0.15, 0.2) is 42.5 Å². The van der Waals surface area contributed by atoms with Crippen LogP contribution in [-0.2, 0) is 9.84 Å². The van der Waals surface area contributed by atoms with Crippen molar-refractivity contribution in [3.05, 3.63) is 58.6 Å². The Morgan fingerprint density at radius 3 is 2.63 bits per heavy atom. The molecule has 0 spiro atoms. The summed E-state index contributed by atoms with van der Waals surface area (Å²) in [5, 5.41) is 33.1. The first-order valence-electron chi connectivity index (χ1n) is 11.9. The van der Waals surface area contributed by atoms with Crippen molar-refractivity contribution in [3.63, 3.8) is 0 Å². The topological polar surface area (TPSA) is 137 Å². The van der Waals surface area contributed by atoms with Gasteiger partial charge >= 0.3 is 0 Å². The first-order valence-corrected chi connectivity index (χ1v) is 14.6. The van der Waals surface area contributed by atoms with Crippen LogP contribution in [0, 0.1) is 29.1 Å². The van der Waals surface area contributed by atoms with E-state index in [-0.39, 0.29) is 36.3 Å². The third-order valence-electron chi connectivity index (χ3n) is 6.74. The van der Waals surface area contributed by atoms with Crippen molar-refractivity contribution in [3.8, 4) is 29.4 Å². The molecule has 1 saturated carbocycles. The summed E-state index contributed by atoms with van der Waals surface area (Å²) >= 11 is 1.24. The summed E-state index contributed by atoms with van der Waals surface area (Å²) < 4.78 is 24.7. The molecule has 1 fully saturated rings. The van der Waals surface area contributed by atoms with Crippen molar-refractivity contribution >= 4 is 37.3 Å². The van der Waals surface area contributed by atoms with Crippen LogP contribution in [0.4, 0.5) is 0 Å². The smallest absolute Gasteiger partial charge is 0.255 e. The molecule has 2 atom stereocenters. The molecule has 3 aromatic rings. The van der Waals surface area contributed by atoms with Gasteiger partial charge in [-0.15, -0.1) is 11.3 Å². The molecular formula is C28H28N2O6S2. The third-order valence-corrected chi connectivity index (χ3v) is 9.96. The van der Waals surface area contributed by atoms with Gasteiger partial charge in [0.2, 0.25) is 0 Å². The van der Waals surface area contributed by atoms with Gasteiger partial charge in [0.15, 0.2) is 9.84 Å². The third kappa shape index (κ3) is 6.17. The van der Waals surface area contributed by atoms with Crippen molar-refractivity contribution in [2.75, 3.05) is 19.4 Å². The van der Waals surface area contributed by atoms with E-state index in [4.69, 9.17) is 0 Å². The Balaban J connectivity index is 1.48. The van der Waals surface area contributed by atoms with Crippen LogP contribution in [0.1, 0.15) is 53.2 Å². The number of para-hydroxylation sites is 1. The molecule has 1 heterocycles. The van der Waals surface area contributed by atoms with E-state index in [0.29, 0.717) is 10.5 Å². The number of thiazole rings is 1. The number of amides is 1. The van der Waals surface area contributed by atoms with Crippen LogP contribution in [0.25, 0.3) is 10.2 Å². The Morgan fingerprint density at radius 2 is 1.97 bits per heavy atom. The molecule has 2 aromatic carbocycles. The number of aliphatic hydroxyl groups excluding tert-OH is 2. The molecular weight excluding hydrogens is 524 g/mol. The van der Waals surface area contributed by atoms with Crippen molar-refractivity contribution in [1.29, 1.82) is 0 Å². The van der Waals surface area contributed by atoms with E-state index in [0.717, 1.165) is 29.4 Å². The van der Waals surface area contributed by atoms with Crippen molar-refractivity contribution in [1.82, 2.24) is 10.3 Å². The fourth-order valence-electron chi connectivity index (χ4n) is 3.78. The molecule has 4 rings (SSSR count). The Labute approximate surface area is 225 Å². The highest BCUT2D eigenvalue weighted by Crippen LogP contribution is 2.44.